The zero-order valence-electron chi connectivity index (χ0n) is 20.0. The van der Waals surface area contributed by atoms with E-state index in [-0.39, 0.29) is 18.5 Å². The highest BCUT2D eigenvalue weighted by Crippen LogP contribution is 2.26. The second kappa shape index (κ2) is 12.0. The van der Waals surface area contributed by atoms with Crippen LogP contribution < -0.4 is 9.62 Å². The molecule has 186 valence electrons. The number of carbonyl (C=O) groups is 2. The number of sulfonamides is 1. The van der Waals surface area contributed by atoms with Crippen molar-refractivity contribution < 1.29 is 18.0 Å². The molecule has 0 saturated carbocycles. The number of carbonyl (C=O) groups excluding carboxylic acids is 2. The summed E-state index contributed by atoms with van der Waals surface area (Å²) in [5.41, 5.74) is 1.86. The minimum absolute atomic E-state index is 0.0689. The van der Waals surface area contributed by atoms with E-state index < -0.39 is 28.5 Å². The molecule has 0 spiro atoms. The van der Waals surface area contributed by atoms with E-state index in [2.05, 4.69) is 21.2 Å². The van der Waals surface area contributed by atoms with Gasteiger partial charge in [0, 0.05) is 22.1 Å². The zero-order valence-corrected chi connectivity index (χ0v) is 23.2. The lowest BCUT2D eigenvalue weighted by Crippen LogP contribution is -2.53. The summed E-state index contributed by atoms with van der Waals surface area (Å²) in [7, 11) is -3.78. The molecule has 0 radical (unpaired) electrons. The lowest BCUT2D eigenvalue weighted by Gasteiger charge is -2.33. The van der Waals surface area contributed by atoms with Gasteiger partial charge in [-0.2, -0.15) is 0 Å². The van der Waals surface area contributed by atoms with Crippen LogP contribution in [0.3, 0.4) is 0 Å². The van der Waals surface area contributed by atoms with E-state index >= 15 is 0 Å². The first-order valence-electron chi connectivity index (χ1n) is 10.9. The molecule has 1 atom stereocenters. The van der Waals surface area contributed by atoms with Gasteiger partial charge in [-0.15, -0.1) is 0 Å². The first-order valence-corrected chi connectivity index (χ1v) is 13.9. The molecule has 0 unspecified atom stereocenters. The number of nitrogens with one attached hydrogen (secondary N) is 1. The molecule has 1 N–H and O–H groups in total. The number of hydrogen-bond donors (Lipinski definition) is 1. The second-order valence-corrected chi connectivity index (χ2v) is 11.6. The fourth-order valence-corrected chi connectivity index (χ4v) is 4.79. The van der Waals surface area contributed by atoms with Gasteiger partial charge in [0.15, 0.2) is 0 Å². The average molecular weight is 573 g/mol. The monoisotopic (exact) mass is 571 g/mol. The fourth-order valence-electron chi connectivity index (χ4n) is 3.51. The number of hydrogen-bond acceptors (Lipinski definition) is 4. The molecule has 0 saturated heterocycles. The predicted molar refractivity (Wildman–Crippen MR) is 140 cm³/mol. The van der Waals surface area contributed by atoms with Crippen LogP contribution in [-0.4, -0.2) is 50.0 Å². The van der Waals surface area contributed by atoms with Gasteiger partial charge in [0.2, 0.25) is 21.8 Å². The van der Waals surface area contributed by atoms with Gasteiger partial charge >= 0.3 is 0 Å². The van der Waals surface area contributed by atoms with Crippen LogP contribution in [0.5, 0.6) is 0 Å². The van der Waals surface area contributed by atoms with Gasteiger partial charge in [-0.3, -0.25) is 13.9 Å². The molecule has 34 heavy (non-hydrogen) atoms. The molecule has 0 fully saturated rings. The summed E-state index contributed by atoms with van der Waals surface area (Å²) in [6.45, 7) is 6.94. The predicted octanol–water partition coefficient (Wildman–Crippen LogP) is 4.51. The summed E-state index contributed by atoms with van der Waals surface area (Å²) in [6.07, 6.45) is 1.41. The van der Waals surface area contributed by atoms with Crippen LogP contribution >= 0.6 is 27.5 Å². The Morgan fingerprint density at radius 2 is 1.79 bits per heavy atom. The number of aryl methyl sites for hydroxylation is 1. The van der Waals surface area contributed by atoms with Crippen molar-refractivity contribution >= 4 is 55.1 Å². The van der Waals surface area contributed by atoms with Crippen molar-refractivity contribution in [1.82, 2.24) is 10.2 Å². The van der Waals surface area contributed by atoms with Crippen molar-refractivity contribution in [3.05, 3.63) is 63.1 Å². The van der Waals surface area contributed by atoms with E-state index in [0.29, 0.717) is 22.7 Å². The van der Waals surface area contributed by atoms with Crippen LogP contribution in [0.25, 0.3) is 0 Å². The van der Waals surface area contributed by atoms with E-state index in [4.69, 9.17) is 11.6 Å². The summed E-state index contributed by atoms with van der Waals surface area (Å²) < 4.78 is 27.2. The minimum atomic E-state index is -3.78. The molecule has 0 aliphatic rings. The molecule has 2 amide bonds. The molecule has 2 aromatic carbocycles. The minimum Gasteiger partial charge on any atom is -0.352 e. The van der Waals surface area contributed by atoms with Crippen LogP contribution in [0, 0.1) is 6.92 Å². The second-order valence-electron chi connectivity index (χ2n) is 8.40. The Morgan fingerprint density at radius 3 is 2.32 bits per heavy atom. The lowest BCUT2D eigenvalue weighted by molar-refractivity contribution is -0.140. The molecule has 0 bridgehead atoms. The van der Waals surface area contributed by atoms with E-state index in [0.717, 1.165) is 20.6 Å². The third-order valence-corrected chi connectivity index (χ3v) is 7.62. The van der Waals surface area contributed by atoms with Gasteiger partial charge in [0.25, 0.3) is 0 Å². The number of amides is 2. The first kappa shape index (κ1) is 28.1. The van der Waals surface area contributed by atoms with Gasteiger partial charge in [0.05, 0.1) is 11.9 Å². The molecule has 2 rings (SSSR count). The van der Waals surface area contributed by atoms with Gasteiger partial charge < -0.3 is 10.2 Å². The Morgan fingerprint density at radius 1 is 1.15 bits per heavy atom. The summed E-state index contributed by atoms with van der Waals surface area (Å²) in [4.78, 5) is 28.0. The van der Waals surface area contributed by atoms with Crippen LogP contribution in [0.15, 0.2) is 46.9 Å². The highest BCUT2D eigenvalue weighted by molar-refractivity contribution is 9.10. The van der Waals surface area contributed by atoms with Gasteiger partial charge in [-0.1, -0.05) is 52.7 Å². The van der Waals surface area contributed by atoms with Gasteiger partial charge in [0.1, 0.15) is 12.6 Å². The third-order valence-electron chi connectivity index (χ3n) is 5.22. The Balaban J connectivity index is 2.48. The summed E-state index contributed by atoms with van der Waals surface area (Å²) in [5, 5.41) is 3.32. The van der Waals surface area contributed by atoms with E-state index in [1.807, 2.05) is 27.7 Å². The van der Waals surface area contributed by atoms with Crippen molar-refractivity contribution in [2.45, 2.75) is 52.7 Å². The molecule has 2 aromatic rings. The quantitative estimate of drug-likeness (QED) is 0.454. The summed E-state index contributed by atoms with van der Waals surface area (Å²) in [5.74, 6) is -0.806. The summed E-state index contributed by atoms with van der Waals surface area (Å²) >= 11 is 9.75. The van der Waals surface area contributed by atoms with Crippen molar-refractivity contribution in [2.75, 3.05) is 17.1 Å². The number of rotatable bonds is 10. The molecule has 7 nitrogen and oxygen atoms in total. The lowest BCUT2D eigenvalue weighted by atomic mass is 10.1. The van der Waals surface area contributed by atoms with Crippen LogP contribution in [0.4, 0.5) is 5.69 Å². The topological polar surface area (TPSA) is 86.8 Å². The SMILES string of the molecule is CC[C@@H](C(=O)NC(C)C)N(Cc1ccccc1Cl)C(=O)CN(c1ccc(Br)c(C)c1)S(C)(=O)=O. The Kier molecular flexibility index (Phi) is 9.96. The Hall–Kier alpha value is -2.10. The first-order chi connectivity index (χ1) is 15.8. The maximum atomic E-state index is 13.6. The van der Waals surface area contributed by atoms with Crippen molar-refractivity contribution in [3.8, 4) is 0 Å². The third kappa shape index (κ3) is 7.45. The van der Waals surface area contributed by atoms with Crippen molar-refractivity contribution in [2.24, 2.45) is 0 Å². The van der Waals surface area contributed by atoms with E-state index in [1.165, 1.54) is 4.90 Å². The van der Waals surface area contributed by atoms with Crippen LogP contribution in [0.2, 0.25) is 5.02 Å². The van der Waals surface area contributed by atoms with E-state index in [1.54, 1.807) is 42.5 Å². The number of halogens is 2. The molecule has 0 aliphatic carbocycles. The molecular weight excluding hydrogens is 542 g/mol. The highest BCUT2D eigenvalue weighted by Gasteiger charge is 2.32. The fraction of sp³-hybridized carbons (Fsp3) is 0.417. The maximum Gasteiger partial charge on any atom is 0.244 e. The molecule has 0 aromatic heterocycles. The van der Waals surface area contributed by atoms with Gasteiger partial charge in [-0.05, 0) is 62.6 Å². The van der Waals surface area contributed by atoms with Crippen LogP contribution in [0.1, 0.15) is 38.3 Å². The van der Waals surface area contributed by atoms with E-state index in [9.17, 15) is 18.0 Å². The molecule has 0 heterocycles. The Bertz CT molecular complexity index is 1140. The maximum absolute atomic E-state index is 13.6. The molecule has 10 heteroatoms. The summed E-state index contributed by atoms with van der Waals surface area (Å²) in [6, 6.07) is 11.2. The number of nitrogens with zero attached hydrogens (tertiary/aromatic N) is 2. The van der Waals surface area contributed by atoms with Crippen molar-refractivity contribution in [3.63, 3.8) is 0 Å². The standard InChI is InChI=1S/C24H31BrClN3O4S/c1-6-22(24(31)27-16(2)3)28(14-18-9-7-8-10-21(18)26)23(30)15-29(34(5,32)33)19-11-12-20(25)17(4)13-19/h7-13,16,22H,6,14-15H2,1-5H3,(H,27,31)/t22-/m0/s1. The Labute approximate surface area is 215 Å². The molecular formula is C24H31BrClN3O4S. The normalized spacial score (nSPS) is 12.4. The van der Waals surface area contributed by atoms with Crippen LogP contribution in [-0.2, 0) is 26.2 Å². The highest BCUT2D eigenvalue weighted by atomic mass is 79.9. The zero-order chi connectivity index (χ0) is 25.6. The largest absolute Gasteiger partial charge is 0.352 e. The smallest absolute Gasteiger partial charge is 0.244 e. The number of benzene rings is 2. The van der Waals surface area contributed by atoms with Crippen molar-refractivity contribution in [1.29, 1.82) is 0 Å². The average Bonchev–Trinajstić information content (AvgIpc) is 2.73. The number of anilines is 1. The van der Waals surface area contributed by atoms with Gasteiger partial charge in [-0.25, -0.2) is 8.42 Å². The molecule has 0 aliphatic heterocycles.